The van der Waals surface area contributed by atoms with Crippen molar-refractivity contribution < 1.29 is 13.9 Å². The Hall–Kier alpha value is -3.91. The number of benzene rings is 2. The SMILES string of the molecule is CCc1nn(-c2ccccc2)c2c1CN(C(=O)NCCOC)[C@@H](c1ccc(F)cc1)c1cccn1-2. The van der Waals surface area contributed by atoms with Gasteiger partial charge in [0.25, 0.3) is 0 Å². The minimum Gasteiger partial charge on any atom is -0.383 e. The molecule has 0 unspecified atom stereocenters. The van der Waals surface area contributed by atoms with E-state index < -0.39 is 6.04 Å². The van der Waals surface area contributed by atoms with Crippen molar-refractivity contribution in [2.45, 2.75) is 25.9 Å². The summed E-state index contributed by atoms with van der Waals surface area (Å²) >= 11 is 0. The van der Waals surface area contributed by atoms with Crippen LogP contribution in [0.3, 0.4) is 0 Å². The second-order valence-electron chi connectivity index (χ2n) is 8.46. The Kier molecular flexibility index (Phi) is 6.37. The second-order valence-corrected chi connectivity index (χ2v) is 8.46. The molecule has 0 saturated carbocycles. The van der Waals surface area contributed by atoms with Gasteiger partial charge in [-0.3, -0.25) is 0 Å². The number of nitrogens with zero attached hydrogens (tertiary/aromatic N) is 4. The van der Waals surface area contributed by atoms with Crippen molar-refractivity contribution in [3.8, 4) is 11.5 Å². The summed E-state index contributed by atoms with van der Waals surface area (Å²) in [6, 6.07) is 19.7. The van der Waals surface area contributed by atoms with Crippen LogP contribution in [0.1, 0.15) is 35.5 Å². The van der Waals surface area contributed by atoms with E-state index in [1.807, 2.05) is 53.3 Å². The Labute approximate surface area is 203 Å². The van der Waals surface area contributed by atoms with Gasteiger partial charge in [0.2, 0.25) is 0 Å². The maximum atomic E-state index is 13.8. The van der Waals surface area contributed by atoms with Gasteiger partial charge in [-0.2, -0.15) is 5.10 Å². The number of rotatable bonds is 6. The Bertz CT molecular complexity index is 1310. The van der Waals surface area contributed by atoms with E-state index >= 15 is 0 Å². The average Bonchev–Trinajstić information content (AvgIpc) is 3.46. The van der Waals surface area contributed by atoms with Crippen LogP contribution in [0.2, 0.25) is 0 Å². The number of halogens is 1. The molecule has 0 saturated heterocycles. The molecule has 1 aliphatic rings. The molecule has 180 valence electrons. The first kappa shape index (κ1) is 22.9. The molecule has 1 N–H and O–H groups in total. The van der Waals surface area contributed by atoms with Gasteiger partial charge < -0.3 is 19.5 Å². The molecule has 0 aliphatic carbocycles. The fraction of sp³-hybridized carbons (Fsp3) is 0.259. The number of amides is 2. The van der Waals surface area contributed by atoms with Crippen LogP contribution in [0.5, 0.6) is 0 Å². The summed E-state index contributed by atoms with van der Waals surface area (Å²) in [7, 11) is 1.60. The molecule has 1 atom stereocenters. The predicted molar refractivity (Wildman–Crippen MR) is 131 cm³/mol. The number of aryl methyl sites for hydroxylation is 1. The van der Waals surface area contributed by atoms with Crippen LogP contribution >= 0.6 is 0 Å². The van der Waals surface area contributed by atoms with E-state index in [9.17, 15) is 9.18 Å². The van der Waals surface area contributed by atoms with E-state index in [1.165, 1.54) is 12.1 Å². The molecule has 1 aliphatic heterocycles. The number of nitrogens with one attached hydrogen (secondary N) is 1. The van der Waals surface area contributed by atoms with Gasteiger partial charge in [0.1, 0.15) is 11.6 Å². The summed E-state index contributed by atoms with van der Waals surface area (Å²) in [5.41, 5.74) is 4.59. The van der Waals surface area contributed by atoms with Crippen LogP contribution in [0, 0.1) is 5.82 Å². The lowest BCUT2D eigenvalue weighted by atomic mass is 10.0. The quantitative estimate of drug-likeness (QED) is 0.416. The van der Waals surface area contributed by atoms with Gasteiger partial charge >= 0.3 is 6.03 Å². The highest BCUT2D eigenvalue weighted by Gasteiger charge is 2.36. The van der Waals surface area contributed by atoms with E-state index in [0.717, 1.165) is 40.4 Å². The van der Waals surface area contributed by atoms with Gasteiger partial charge in [0.15, 0.2) is 0 Å². The number of para-hydroxylation sites is 1. The van der Waals surface area contributed by atoms with Crippen LogP contribution in [0.4, 0.5) is 9.18 Å². The van der Waals surface area contributed by atoms with Gasteiger partial charge in [0.05, 0.1) is 36.3 Å². The maximum absolute atomic E-state index is 13.8. The molecule has 0 radical (unpaired) electrons. The average molecular weight is 474 g/mol. The number of hydrogen-bond donors (Lipinski definition) is 1. The molecule has 7 nitrogen and oxygen atoms in total. The van der Waals surface area contributed by atoms with Crippen molar-refractivity contribution in [2.75, 3.05) is 20.3 Å². The van der Waals surface area contributed by atoms with Crippen LogP contribution in [-0.2, 0) is 17.7 Å². The zero-order valence-corrected chi connectivity index (χ0v) is 19.8. The first-order valence-electron chi connectivity index (χ1n) is 11.7. The Morgan fingerprint density at radius 2 is 1.89 bits per heavy atom. The first-order valence-corrected chi connectivity index (χ1v) is 11.7. The Morgan fingerprint density at radius 3 is 2.60 bits per heavy atom. The molecule has 0 spiro atoms. The smallest absolute Gasteiger partial charge is 0.318 e. The molecule has 2 amide bonds. The van der Waals surface area contributed by atoms with Crippen LogP contribution in [-0.4, -0.2) is 45.5 Å². The summed E-state index contributed by atoms with van der Waals surface area (Å²) in [5, 5.41) is 7.92. The molecular weight excluding hydrogens is 445 g/mol. The van der Waals surface area contributed by atoms with Crippen LogP contribution in [0.15, 0.2) is 72.9 Å². The van der Waals surface area contributed by atoms with Gasteiger partial charge in [-0.15, -0.1) is 0 Å². The second kappa shape index (κ2) is 9.76. The number of hydrogen-bond acceptors (Lipinski definition) is 3. The van der Waals surface area contributed by atoms with Crippen molar-refractivity contribution in [3.63, 3.8) is 0 Å². The van der Waals surface area contributed by atoms with Crippen LogP contribution in [0.25, 0.3) is 11.5 Å². The highest BCUT2D eigenvalue weighted by atomic mass is 19.1. The summed E-state index contributed by atoms with van der Waals surface area (Å²) in [6.45, 7) is 3.22. The van der Waals surface area contributed by atoms with Gasteiger partial charge in [0, 0.05) is 25.4 Å². The third-order valence-corrected chi connectivity index (χ3v) is 6.33. The molecule has 35 heavy (non-hydrogen) atoms. The number of methoxy groups -OCH3 is 1. The number of ether oxygens (including phenoxy) is 1. The van der Waals surface area contributed by atoms with Crippen molar-refractivity contribution in [3.05, 3.63) is 101 Å². The molecule has 2 aromatic heterocycles. The fourth-order valence-corrected chi connectivity index (χ4v) is 4.71. The molecular formula is C27H28FN5O2. The fourth-order valence-electron chi connectivity index (χ4n) is 4.71. The number of aromatic nitrogens is 3. The zero-order valence-electron chi connectivity index (χ0n) is 19.8. The van der Waals surface area contributed by atoms with Gasteiger partial charge in [-0.25, -0.2) is 13.9 Å². The molecule has 8 heteroatoms. The lowest BCUT2D eigenvalue weighted by molar-refractivity contribution is 0.168. The van der Waals surface area contributed by atoms with E-state index in [2.05, 4.69) is 16.8 Å². The monoisotopic (exact) mass is 473 g/mol. The minimum absolute atomic E-state index is 0.216. The van der Waals surface area contributed by atoms with Gasteiger partial charge in [-0.1, -0.05) is 37.3 Å². The summed E-state index contributed by atoms with van der Waals surface area (Å²) in [5.74, 6) is 0.595. The van der Waals surface area contributed by atoms with E-state index in [-0.39, 0.29) is 11.8 Å². The molecule has 0 bridgehead atoms. The van der Waals surface area contributed by atoms with Crippen LogP contribution < -0.4 is 5.32 Å². The van der Waals surface area contributed by atoms with E-state index in [4.69, 9.17) is 9.84 Å². The largest absolute Gasteiger partial charge is 0.383 e. The molecule has 4 aromatic rings. The standard InChI is InChI=1S/C27H28FN5O2/c1-3-23-22-18-32(27(34)29-15-17-35-2)25(19-11-13-20(28)14-12-19)24-10-7-16-31(24)26(22)33(30-23)21-8-5-4-6-9-21/h4-14,16,25H,3,15,17-18H2,1-2H3,(H,29,34)/t25-/m0/s1. The van der Waals surface area contributed by atoms with Crippen molar-refractivity contribution in [2.24, 2.45) is 0 Å². The number of carbonyl (C=O) groups excluding carboxylic acids is 1. The molecule has 0 fully saturated rings. The third-order valence-electron chi connectivity index (χ3n) is 6.33. The number of urea groups is 1. The zero-order chi connectivity index (χ0) is 24.4. The topological polar surface area (TPSA) is 64.3 Å². The van der Waals surface area contributed by atoms with E-state index in [1.54, 1.807) is 24.1 Å². The third kappa shape index (κ3) is 4.21. The minimum atomic E-state index is -0.422. The Balaban J connectivity index is 1.71. The van der Waals surface area contributed by atoms with Gasteiger partial charge in [-0.05, 0) is 48.4 Å². The highest BCUT2D eigenvalue weighted by Crippen LogP contribution is 2.38. The summed E-state index contributed by atoms with van der Waals surface area (Å²) < 4.78 is 23.0. The molecule has 3 heterocycles. The number of carbonyl (C=O) groups is 1. The highest BCUT2D eigenvalue weighted by molar-refractivity contribution is 5.76. The lowest BCUT2D eigenvalue weighted by Gasteiger charge is -2.31. The van der Waals surface area contributed by atoms with Crippen molar-refractivity contribution in [1.29, 1.82) is 0 Å². The first-order chi connectivity index (χ1) is 17.1. The normalized spacial score (nSPS) is 14.8. The van der Waals surface area contributed by atoms with Crippen molar-refractivity contribution >= 4 is 6.03 Å². The summed E-state index contributed by atoms with van der Waals surface area (Å²) in [4.78, 5) is 15.3. The number of fused-ring (bicyclic) bond motifs is 3. The Morgan fingerprint density at radius 1 is 1.11 bits per heavy atom. The van der Waals surface area contributed by atoms with E-state index in [0.29, 0.717) is 19.7 Å². The predicted octanol–water partition coefficient (Wildman–Crippen LogP) is 4.63. The van der Waals surface area contributed by atoms with Crippen molar-refractivity contribution in [1.82, 2.24) is 24.6 Å². The molecule has 2 aromatic carbocycles. The maximum Gasteiger partial charge on any atom is 0.318 e. The summed E-state index contributed by atoms with van der Waals surface area (Å²) in [6.07, 6.45) is 2.72. The molecule has 5 rings (SSSR count). The lowest BCUT2D eigenvalue weighted by Crippen LogP contribution is -2.43.